The van der Waals surface area contributed by atoms with Crippen molar-refractivity contribution in [3.05, 3.63) is 171 Å². The molecule has 0 bridgehead atoms. The number of carbonyl (C=O) groups excluding carboxylic acids is 2. The highest BCUT2D eigenvalue weighted by atomic mass is 35.5. The summed E-state index contributed by atoms with van der Waals surface area (Å²) in [6.45, 7) is 6.76. The molecule has 2 N–H and O–H groups in total. The molecule has 4 atom stereocenters. The van der Waals surface area contributed by atoms with Gasteiger partial charge in [0.15, 0.2) is 0 Å². The summed E-state index contributed by atoms with van der Waals surface area (Å²) >= 11 is 6.61. The molecule has 0 saturated carbocycles. The summed E-state index contributed by atoms with van der Waals surface area (Å²) in [5.41, 5.74) is 4.25. The average molecular weight is 867 g/mol. The van der Waals surface area contributed by atoms with E-state index in [0.29, 0.717) is 17.9 Å². The number of nitro benzene ring substituents is 1. The number of benzene rings is 5. The molecule has 0 spiro atoms. The van der Waals surface area contributed by atoms with Gasteiger partial charge in [-0.1, -0.05) is 129 Å². The zero-order chi connectivity index (χ0) is 43.8. The van der Waals surface area contributed by atoms with E-state index in [1.807, 2.05) is 72.8 Å². The van der Waals surface area contributed by atoms with E-state index < -0.39 is 56.0 Å². The maximum absolute atomic E-state index is 14.7. The number of rotatable bonds is 12. The van der Waals surface area contributed by atoms with Crippen LogP contribution in [0, 0.1) is 27.9 Å². The predicted octanol–water partition coefficient (Wildman–Crippen LogP) is 8.85. The third-order valence-electron chi connectivity index (χ3n) is 12.6. The van der Waals surface area contributed by atoms with Crippen LogP contribution < -0.4 is 15.3 Å². The van der Waals surface area contributed by atoms with E-state index in [0.717, 1.165) is 43.1 Å². The Morgan fingerprint density at radius 1 is 0.903 bits per heavy atom. The molecule has 10 nitrogen and oxygen atoms in total. The fraction of sp³-hybridized carbons (Fsp3) is 0.265. The number of halogens is 1. The van der Waals surface area contributed by atoms with Gasteiger partial charge in [0.25, 0.3) is 14.0 Å². The third kappa shape index (κ3) is 8.21. The number of fused-ring (bicyclic) bond motifs is 3. The van der Waals surface area contributed by atoms with Crippen LogP contribution in [-0.2, 0) is 18.7 Å². The monoisotopic (exact) mass is 866 g/mol. The second kappa shape index (κ2) is 17.6. The highest BCUT2D eigenvalue weighted by Crippen LogP contribution is 2.52. The van der Waals surface area contributed by atoms with E-state index in [2.05, 4.69) is 45.0 Å². The number of hydrogen-bond acceptors (Lipinski definition) is 8. The zero-order valence-corrected chi connectivity index (χ0v) is 36.6. The summed E-state index contributed by atoms with van der Waals surface area (Å²) in [6.07, 6.45) is 2.53. The first-order valence-corrected chi connectivity index (χ1v) is 23.2. The largest absolute Gasteiger partial charge is 0.508 e. The van der Waals surface area contributed by atoms with Gasteiger partial charge in [0.2, 0.25) is 11.8 Å². The van der Waals surface area contributed by atoms with E-state index >= 15 is 0 Å². The Hall–Kier alpha value is -5.63. The number of imide groups is 1. The lowest BCUT2D eigenvalue weighted by Gasteiger charge is -2.46. The molecule has 62 heavy (non-hydrogen) atoms. The molecular weight excluding hydrogens is 819 g/mol. The molecule has 2 saturated heterocycles. The highest BCUT2D eigenvalue weighted by Gasteiger charge is 2.58. The SMILES string of the molecule is CC(C)(C)[Si](OCC1=C2[C@@H](CC/C(=C/c3ccc(O)cc3Cl)c3ccccc3)OB(O)C[C@@H]2[C@@H]2C(=O)N(c3cccc([N+](=O)[O-])c3)C(=O)[C@@H]2C1)(c1ccccc1)c1ccccc1. The minimum Gasteiger partial charge on any atom is -0.508 e. The van der Waals surface area contributed by atoms with Crippen LogP contribution >= 0.6 is 11.6 Å². The molecule has 13 heteroatoms. The Morgan fingerprint density at radius 3 is 2.16 bits per heavy atom. The minimum absolute atomic E-state index is 0.0587. The number of hydrogen-bond donors (Lipinski definition) is 2. The van der Waals surface area contributed by atoms with Crippen LogP contribution in [0.5, 0.6) is 5.75 Å². The molecule has 0 radical (unpaired) electrons. The topological polar surface area (TPSA) is 139 Å². The van der Waals surface area contributed by atoms with Gasteiger partial charge in [-0.25, -0.2) is 4.90 Å². The molecule has 3 aliphatic rings. The smallest absolute Gasteiger partial charge is 0.455 e. The van der Waals surface area contributed by atoms with E-state index in [1.165, 1.54) is 24.3 Å². The Balaban J connectivity index is 1.23. The van der Waals surface area contributed by atoms with Crippen LogP contribution in [0.3, 0.4) is 0 Å². The van der Waals surface area contributed by atoms with Gasteiger partial charge in [-0.2, -0.15) is 0 Å². The summed E-state index contributed by atoms with van der Waals surface area (Å²) in [5.74, 6) is -3.00. The lowest BCUT2D eigenvalue weighted by atomic mass is 9.58. The van der Waals surface area contributed by atoms with Gasteiger partial charge in [-0.15, -0.1) is 0 Å². The van der Waals surface area contributed by atoms with Crippen LogP contribution in [0.2, 0.25) is 16.4 Å². The molecule has 2 aliphatic heterocycles. The van der Waals surface area contributed by atoms with Crippen molar-refractivity contribution in [2.75, 3.05) is 11.5 Å². The van der Waals surface area contributed by atoms with Gasteiger partial charge in [-0.05, 0) is 105 Å². The Morgan fingerprint density at radius 2 is 1.55 bits per heavy atom. The predicted molar refractivity (Wildman–Crippen MR) is 246 cm³/mol. The van der Waals surface area contributed by atoms with Gasteiger partial charge < -0.3 is 19.2 Å². The molecule has 5 aromatic rings. The minimum atomic E-state index is -3.10. The maximum atomic E-state index is 14.7. The summed E-state index contributed by atoms with van der Waals surface area (Å²) < 4.78 is 14.0. The summed E-state index contributed by atoms with van der Waals surface area (Å²) in [7, 11) is -4.32. The fourth-order valence-electron chi connectivity index (χ4n) is 9.91. The first-order valence-electron chi connectivity index (χ1n) is 20.9. The quantitative estimate of drug-likeness (QED) is 0.0317. The van der Waals surface area contributed by atoms with Crippen molar-refractivity contribution in [1.82, 2.24) is 0 Å². The van der Waals surface area contributed by atoms with Crippen molar-refractivity contribution >= 4 is 72.2 Å². The van der Waals surface area contributed by atoms with Crippen molar-refractivity contribution in [2.45, 2.75) is 57.5 Å². The van der Waals surface area contributed by atoms with Crippen LogP contribution in [0.15, 0.2) is 145 Å². The lowest BCUT2D eigenvalue weighted by Crippen LogP contribution is -2.66. The summed E-state index contributed by atoms with van der Waals surface area (Å²) in [6, 6.07) is 40.9. The van der Waals surface area contributed by atoms with Crippen molar-refractivity contribution in [2.24, 2.45) is 17.8 Å². The van der Waals surface area contributed by atoms with E-state index in [4.69, 9.17) is 20.7 Å². The number of nitrogens with zero attached hydrogens (tertiary/aromatic N) is 2. The van der Waals surface area contributed by atoms with E-state index in [-0.39, 0.29) is 41.5 Å². The first-order chi connectivity index (χ1) is 29.8. The zero-order valence-electron chi connectivity index (χ0n) is 34.8. The molecule has 2 amide bonds. The number of phenols is 1. The van der Waals surface area contributed by atoms with Crippen molar-refractivity contribution < 1.29 is 33.7 Å². The molecule has 0 aromatic heterocycles. The van der Waals surface area contributed by atoms with Gasteiger partial charge in [0.1, 0.15) is 5.75 Å². The number of non-ortho nitro benzene ring substituents is 1. The van der Waals surface area contributed by atoms with Crippen molar-refractivity contribution in [1.29, 1.82) is 0 Å². The van der Waals surface area contributed by atoms with E-state index in [9.17, 15) is 29.8 Å². The number of carbonyl (C=O) groups is 2. The van der Waals surface area contributed by atoms with Crippen LogP contribution in [0.4, 0.5) is 11.4 Å². The molecule has 2 heterocycles. The van der Waals surface area contributed by atoms with E-state index in [1.54, 1.807) is 18.2 Å². The summed E-state index contributed by atoms with van der Waals surface area (Å²) in [5, 5.41) is 35.6. The standard InChI is InChI=1S/C49H48BClN2O8Si/c1-49(2,3)62(39-18-9-5-10-19-39,40-20-11-6-12-21-40)60-31-35-27-41-46(48(56)52(47(41)55)36-16-13-17-37(28-36)53(58)59)42-30-50(57)61-44(45(35)42)25-23-33(32-14-7-4-8-15-32)26-34-22-24-38(54)29-43(34)51/h4-22,24,26,28-29,41-42,44,46,54,57H,23,25,27,30-31H2,1-3H3/b33-26-/t41-,42+,44-,46-/m1/s1. The summed E-state index contributed by atoms with van der Waals surface area (Å²) in [4.78, 5) is 41.6. The van der Waals surface area contributed by atoms with Crippen molar-refractivity contribution in [3.63, 3.8) is 0 Å². The average Bonchev–Trinajstić information content (AvgIpc) is 3.51. The third-order valence-corrected chi connectivity index (χ3v) is 17.9. The molecule has 2 fully saturated rings. The van der Waals surface area contributed by atoms with Crippen LogP contribution in [-0.4, -0.2) is 55.0 Å². The van der Waals surface area contributed by atoms with Crippen molar-refractivity contribution in [3.8, 4) is 5.75 Å². The fourth-order valence-corrected chi connectivity index (χ4v) is 14.7. The second-order valence-electron chi connectivity index (χ2n) is 17.3. The molecule has 1 aliphatic carbocycles. The number of allylic oxidation sites excluding steroid dienone is 1. The highest BCUT2D eigenvalue weighted by molar-refractivity contribution is 6.99. The molecular formula is C49H48BClN2O8Si. The maximum Gasteiger partial charge on any atom is 0.455 e. The number of nitro groups is 1. The second-order valence-corrected chi connectivity index (χ2v) is 22.1. The lowest BCUT2D eigenvalue weighted by molar-refractivity contribution is -0.384. The number of amides is 2. The van der Waals surface area contributed by atoms with Crippen LogP contribution in [0.1, 0.15) is 51.2 Å². The molecule has 316 valence electrons. The Kier molecular flexibility index (Phi) is 12.2. The van der Waals surface area contributed by atoms with Gasteiger partial charge in [0, 0.05) is 12.1 Å². The van der Waals surface area contributed by atoms with Crippen LogP contribution in [0.25, 0.3) is 11.6 Å². The molecule has 5 aromatic carbocycles. The Labute approximate surface area is 367 Å². The Bertz CT molecular complexity index is 2510. The molecule has 8 rings (SSSR count). The normalized spacial score (nSPS) is 20.6. The van der Waals surface area contributed by atoms with Gasteiger partial charge >= 0.3 is 7.12 Å². The number of phenolic OH excluding ortho intramolecular Hbond substituents is 1. The first kappa shape index (κ1) is 43.0. The molecule has 0 unspecified atom stereocenters. The number of aromatic hydroxyl groups is 1. The number of anilines is 1. The van der Waals surface area contributed by atoms with Gasteiger partial charge in [0.05, 0.1) is 40.2 Å². The van der Waals surface area contributed by atoms with Gasteiger partial charge in [-0.3, -0.25) is 19.7 Å².